The van der Waals surface area contributed by atoms with Crippen molar-refractivity contribution >= 4 is 33.3 Å². The lowest BCUT2D eigenvalue weighted by molar-refractivity contribution is -0.131. The van der Waals surface area contributed by atoms with Crippen molar-refractivity contribution in [1.82, 2.24) is 19.8 Å². The standard InChI is InChI=1S/C38H46N4O3/c1-26(43)45-32-15-12-14-28-29-16-19-39-34(35(29)40-33(28)32)30-24-38(44)18-9-5-2-3-6-10-20-41-22-17-31(30)37(25-41)23-27-13-8-4-7-11-21-42(27)36(37)38/h2,5,8,12-16,19,24,27,31,36,40,44H,3-4,6-7,9-11,17-18,20-23,25H2,1H3/b5-2-,13-8-/t27-,31-,36+,37-,38-/m0/s1. The minimum atomic E-state index is -0.978. The molecule has 6 heterocycles. The van der Waals surface area contributed by atoms with Crippen molar-refractivity contribution in [3.8, 4) is 5.75 Å². The third-order valence-electron chi connectivity index (χ3n) is 11.5. The van der Waals surface area contributed by atoms with Crippen LogP contribution < -0.4 is 4.74 Å². The second-order valence-corrected chi connectivity index (χ2v) is 14.3. The van der Waals surface area contributed by atoms with Crippen LogP contribution in [0.5, 0.6) is 5.75 Å². The Bertz CT molecular complexity index is 1710. The van der Waals surface area contributed by atoms with Gasteiger partial charge in [0.25, 0.3) is 0 Å². The number of hydrogen-bond donors (Lipinski definition) is 2. The average molecular weight is 607 g/mol. The van der Waals surface area contributed by atoms with Crippen LogP contribution in [-0.4, -0.2) is 74.7 Å². The zero-order valence-electron chi connectivity index (χ0n) is 26.5. The molecule has 236 valence electrons. The van der Waals surface area contributed by atoms with Gasteiger partial charge in [0.1, 0.15) is 0 Å². The molecule has 45 heavy (non-hydrogen) atoms. The number of carbonyl (C=O) groups is 1. The Morgan fingerprint density at radius 3 is 2.71 bits per heavy atom. The van der Waals surface area contributed by atoms with Gasteiger partial charge in [0, 0.05) is 41.9 Å². The summed E-state index contributed by atoms with van der Waals surface area (Å²) in [5.74, 6) is 0.486. The van der Waals surface area contributed by atoms with E-state index < -0.39 is 5.60 Å². The van der Waals surface area contributed by atoms with E-state index in [0.717, 1.165) is 85.8 Å². The number of para-hydroxylation sites is 1. The zero-order valence-corrected chi connectivity index (χ0v) is 26.5. The van der Waals surface area contributed by atoms with Gasteiger partial charge in [-0.3, -0.25) is 14.7 Å². The van der Waals surface area contributed by atoms with Gasteiger partial charge in [-0.05, 0) is 114 Å². The molecule has 2 saturated heterocycles. The first-order valence-electron chi connectivity index (χ1n) is 17.3. The first-order chi connectivity index (χ1) is 22.0. The molecule has 0 radical (unpaired) electrons. The highest BCUT2D eigenvalue weighted by molar-refractivity contribution is 6.11. The Balaban J connectivity index is 1.34. The number of nitrogens with zero attached hydrogens (tertiary/aromatic N) is 3. The number of carbonyl (C=O) groups excluding carboxylic acids is 1. The Morgan fingerprint density at radius 2 is 1.82 bits per heavy atom. The summed E-state index contributed by atoms with van der Waals surface area (Å²) in [7, 11) is 0. The van der Waals surface area contributed by atoms with Crippen molar-refractivity contribution in [2.75, 3.05) is 26.2 Å². The van der Waals surface area contributed by atoms with Crippen LogP contribution in [0, 0.1) is 11.3 Å². The van der Waals surface area contributed by atoms with Crippen molar-refractivity contribution in [1.29, 1.82) is 0 Å². The molecule has 0 amide bonds. The fraction of sp³-hybridized carbons (Fsp3) is 0.526. The highest BCUT2D eigenvalue weighted by atomic mass is 16.5. The van der Waals surface area contributed by atoms with Crippen LogP contribution in [0.25, 0.3) is 27.4 Å². The number of aliphatic hydroxyl groups is 1. The van der Waals surface area contributed by atoms with Gasteiger partial charge in [0.15, 0.2) is 5.75 Å². The molecule has 7 nitrogen and oxygen atoms in total. The van der Waals surface area contributed by atoms with Gasteiger partial charge in [-0.1, -0.05) is 36.4 Å². The number of aromatic amines is 1. The third kappa shape index (κ3) is 4.90. The van der Waals surface area contributed by atoms with E-state index in [4.69, 9.17) is 9.72 Å². The molecule has 1 unspecified atom stereocenters. The summed E-state index contributed by atoms with van der Waals surface area (Å²) >= 11 is 0. The molecule has 7 heteroatoms. The van der Waals surface area contributed by atoms with Crippen molar-refractivity contribution < 1.29 is 14.6 Å². The summed E-state index contributed by atoms with van der Waals surface area (Å²) in [6, 6.07) is 8.33. The summed E-state index contributed by atoms with van der Waals surface area (Å²) in [5.41, 5.74) is 2.84. The van der Waals surface area contributed by atoms with Crippen molar-refractivity contribution in [3.05, 3.63) is 66.5 Å². The van der Waals surface area contributed by atoms with Crippen LogP contribution in [0.4, 0.5) is 0 Å². The summed E-state index contributed by atoms with van der Waals surface area (Å²) in [6.45, 7) is 5.71. The van der Waals surface area contributed by atoms with E-state index in [9.17, 15) is 9.90 Å². The lowest BCUT2D eigenvalue weighted by Gasteiger charge is -2.58. The number of aromatic nitrogens is 2. The number of ether oxygens (including phenoxy) is 1. The number of rotatable bonds is 2. The first kappa shape index (κ1) is 29.2. The van der Waals surface area contributed by atoms with Gasteiger partial charge in [-0.15, -0.1) is 0 Å². The summed E-state index contributed by atoms with van der Waals surface area (Å²) in [5, 5.41) is 15.2. The second kappa shape index (κ2) is 11.5. The van der Waals surface area contributed by atoms with Gasteiger partial charge in [-0.2, -0.15) is 0 Å². The third-order valence-corrected chi connectivity index (χ3v) is 11.5. The van der Waals surface area contributed by atoms with Crippen LogP contribution in [0.3, 0.4) is 0 Å². The van der Waals surface area contributed by atoms with Crippen molar-refractivity contribution in [3.63, 3.8) is 0 Å². The van der Waals surface area contributed by atoms with Crippen LogP contribution in [0.15, 0.2) is 60.8 Å². The van der Waals surface area contributed by atoms with Crippen LogP contribution in [0.1, 0.15) is 76.8 Å². The number of esters is 1. The lowest BCUT2D eigenvalue weighted by atomic mass is 9.54. The van der Waals surface area contributed by atoms with Gasteiger partial charge in [-0.25, -0.2) is 0 Å². The second-order valence-electron chi connectivity index (χ2n) is 14.3. The molecule has 1 aliphatic carbocycles. The Labute approximate surface area is 266 Å². The molecule has 3 aromatic rings. The molecule has 6 atom stereocenters. The summed E-state index contributed by atoms with van der Waals surface area (Å²) in [6.07, 6.45) is 24.5. The number of piperidine rings is 1. The maximum Gasteiger partial charge on any atom is 0.308 e. The highest BCUT2D eigenvalue weighted by Gasteiger charge is 2.65. The van der Waals surface area contributed by atoms with E-state index in [0.29, 0.717) is 24.1 Å². The summed E-state index contributed by atoms with van der Waals surface area (Å²) < 4.78 is 5.62. The van der Waals surface area contributed by atoms with Gasteiger partial charge >= 0.3 is 5.97 Å². The van der Waals surface area contributed by atoms with E-state index in [1.54, 1.807) is 0 Å². The molecule has 4 aliphatic heterocycles. The van der Waals surface area contributed by atoms with E-state index in [1.165, 1.54) is 38.2 Å². The molecular formula is C38H46N4O3. The van der Waals surface area contributed by atoms with Crippen molar-refractivity contribution in [2.45, 2.75) is 88.8 Å². The number of hydrogen-bond acceptors (Lipinski definition) is 6. The van der Waals surface area contributed by atoms with Gasteiger partial charge in [0.05, 0.1) is 28.4 Å². The Hall–Kier alpha value is -3.26. The number of allylic oxidation sites excluding steroid dienone is 4. The monoisotopic (exact) mass is 606 g/mol. The largest absolute Gasteiger partial charge is 0.424 e. The van der Waals surface area contributed by atoms with Gasteiger partial charge < -0.3 is 19.7 Å². The van der Waals surface area contributed by atoms with Crippen LogP contribution in [0.2, 0.25) is 0 Å². The Kier molecular flexibility index (Phi) is 7.46. The zero-order chi connectivity index (χ0) is 30.6. The maximum absolute atomic E-state index is 13.1. The maximum atomic E-state index is 13.1. The molecule has 1 aromatic carbocycles. The van der Waals surface area contributed by atoms with E-state index in [-0.39, 0.29) is 17.4 Å². The normalized spacial score (nSPS) is 35.2. The predicted octanol–water partition coefficient (Wildman–Crippen LogP) is 6.78. The fourth-order valence-corrected chi connectivity index (χ4v) is 9.87. The highest BCUT2D eigenvalue weighted by Crippen LogP contribution is 2.61. The number of benzene rings is 1. The van der Waals surface area contributed by atoms with Crippen LogP contribution >= 0.6 is 0 Å². The molecule has 2 aromatic heterocycles. The van der Waals surface area contributed by atoms with E-state index >= 15 is 0 Å². The molecule has 5 aliphatic rings. The quantitative estimate of drug-likeness (QED) is 0.190. The summed E-state index contributed by atoms with van der Waals surface area (Å²) in [4.78, 5) is 26.1. The number of H-pyrrole nitrogens is 1. The molecule has 1 spiro atoms. The average Bonchev–Trinajstić information content (AvgIpc) is 3.54. The van der Waals surface area contributed by atoms with Crippen molar-refractivity contribution in [2.24, 2.45) is 11.3 Å². The molecule has 2 N–H and O–H groups in total. The Morgan fingerprint density at radius 1 is 1.00 bits per heavy atom. The minimum absolute atomic E-state index is 0.0703. The molecule has 3 bridgehead atoms. The number of fused-ring (bicyclic) bond motifs is 5. The predicted molar refractivity (Wildman–Crippen MR) is 179 cm³/mol. The number of pyridine rings is 1. The minimum Gasteiger partial charge on any atom is -0.424 e. The first-order valence-corrected chi connectivity index (χ1v) is 17.3. The molecular weight excluding hydrogens is 560 g/mol. The molecule has 0 saturated carbocycles. The van der Waals surface area contributed by atoms with Gasteiger partial charge in [0.2, 0.25) is 0 Å². The SMILES string of the molecule is CC(=O)Oc1cccc2c1[nH]c1c(C3=C[C@@]4(O)CC/C=C\CCCCN5CC[C@@H]3[C@]3(C[C@@H]6/C=C\CCCCN6[C@H]34)C5)nccc12. The smallest absolute Gasteiger partial charge is 0.308 e. The lowest BCUT2D eigenvalue weighted by Crippen LogP contribution is -2.65. The fourth-order valence-electron chi connectivity index (χ4n) is 9.87. The molecule has 8 rings (SSSR count). The molecule has 2 fully saturated rings. The van der Waals surface area contributed by atoms with E-state index in [1.807, 2.05) is 18.3 Å². The van der Waals surface area contributed by atoms with E-state index in [2.05, 4.69) is 57.3 Å². The van der Waals surface area contributed by atoms with Crippen LogP contribution in [-0.2, 0) is 4.79 Å². The topological polar surface area (TPSA) is 81.7 Å². The number of nitrogens with one attached hydrogen (secondary N) is 1.